The zero-order valence-electron chi connectivity index (χ0n) is 13.5. The molecule has 5 nitrogen and oxygen atoms in total. The van der Waals surface area contributed by atoms with Crippen molar-refractivity contribution in [2.45, 2.75) is 25.4 Å². The highest BCUT2D eigenvalue weighted by molar-refractivity contribution is 5.82. The van der Waals surface area contributed by atoms with E-state index < -0.39 is 0 Å². The number of nitrogens with zero attached hydrogens (tertiary/aromatic N) is 2. The maximum atomic E-state index is 13.8. The molecule has 1 aromatic rings. The van der Waals surface area contributed by atoms with Gasteiger partial charge in [-0.2, -0.15) is 0 Å². The lowest BCUT2D eigenvalue weighted by atomic mass is 10.0. The van der Waals surface area contributed by atoms with Crippen LogP contribution in [0.2, 0.25) is 0 Å². The van der Waals surface area contributed by atoms with Gasteiger partial charge in [-0.25, -0.2) is 4.39 Å². The molecule has 0 spiro atoms. The van der Waals surface area contributed by atoms with Crippen LogP contribution in [0.4, 0.5) is 4.39 Å². The van der Waals surface area contributed by atoms with E-state index in [-0.39, 0.29) is 23.5 Å². The number of halogens is 1. The van der Waals surface area contributed by atoms with Gasteiger partial charge in [0.15, 0.2) is 11.6 Å². The quantitative estimate of drug-likeness (QED) is 0.845. The molecule has 0 N–H and O–H groups in total. The topological polar surface area (TPSA) is 42.0 Å². The van der Waals surface area contributed by atoms with Crippen molar-refractivity contribution in [2.75, 3.05) is 40.0 Å². The molecular weight excluding hydrogens is 299 g/mol. The third-order valence-corrected chi connectivity index (χ3v) is 4.58. The number of rotatable bonds is 4. The van der Waals surface area contributed by atoms with Crippen LogP contribution in [0.3, 0.4) is 0 Å². The second-order valence-electron chi connectivity index (χ2n) is 6.04. The summed E-state index contributed by atoms with van der Waals surface area (Å²) in [5, 5.41) is 0. The van der Waals surface area contributed by atoms with E-state index in [4.69, 9.17) is 9.47 Å². The Labute approximate surface area is 136 Å². The molecule has 1 unspecified atom stereocenters. The van der Waals surface area contributed by atoms with Gasteiger partial charge < -0.3 is 14.4 Å². The van der Waals surface area contributed by atoms with Gasteiger partial charge in [0.05, 0.1) is 26.4 Å². The van der Waals surface area contributed by atoms with Crippen molar-refractivity contribution >= 4 is 5.91 Å². The van der Waals surface area contributed by atoms with Gasteiger partial charge in [-0.15, -0.1) is 0 Å². The first-order valence-corrected chi connectivity index (χ1v) is 8.12. The molecule has 6 heteroatoms. The minimum Gasteiger partial charge on any atom is -0.494 e. The Balaban J connectivity index is 1.67. The molecule has 0 aromatic heterocycles. The Kier molecular flexibility index (Phi) is 5.13. The number of amides is 1. The highest BCUT2D eigenvalue weighted by atomic mass is 19.1. The molecule has 2 heterocycles. The van der Waals surface area contributed by atoms with Crippen molar-refractivity contribution in [1.82, 2.24) is 9.80 Å². The number of piperidine rings is 1. The zero-order chi connectivity index (χ0) is 16.2. The monoisotopic (exact) mass is 322 g/mol. The normalized spacial score (nSPS) is 23.1. The maximum absolute atomic E-state index is 13.8. The molecule has 1 aromatic carbocycles. The SMILES string of the molecule is COc1ccc(CN2CCCC(N3CCOCC3)C2=O)cc1F. The lowest BCUT2D eigenvalue weighted by molar-refractivity contribution is -0.142. The summed E-state index contributed by atoms with van der Waals surface area (Å²) in [5.41, 5.74) is 0.791. The molecule has 0 radical (unpaired) electrons. The van der Waals surface area contributed by atoms with Crippen LogP contribution in [0.25, 0.3) is 0 Å². The van der Waals surface area contributed by atoms with Crippen LogP contribution in [-0.4, -0.2) is 61.7 Å². The highest BCUT2D eigenvalue weighted by Gasteiger charge is 2.33. The van der Waals surface area contributed by atoms with Crippen molar-refractivity contribution in [3.63, 3.8) is 0 Å². The number of methoxy groups -OCH3 is 1. The second-order valence-corrected chi connectivity index (χ2v) is 6.04. The number of hydrogen-bond acceptors (Lipinski definition) is 4. The maximum Gasteiger partial charge on any atom is 0.240 e. The molecule has 2 saturated heterocycles. The Hall–Kier alpha value is -1.66. The minimum atomic E-state index is -0.390. The zero-order valence-corrected chi connectivity index (χ0v) is 13.5. The summed E-state index contributed by atoms with van der Waals surface area (Å²) >= 11 is 0. The number of carbonyl (C=O) groups is 1. The molecule has 23 heavy (non-hydrogen) atoms. The van der Waals surface area contributed by atoms with Gasteiger partial charge in [0.25, 0.3) is 0 Å². The van der Waals surface area contributed by atoms with Crippen LogP contribution in [0.1, 0.15) is 18.4 Å². The molecule has 1 atom stereocenters. The third-order valence-electron chi connectivity index (χ3n) is 4.58. The molecule has 0 bridgehead atoms. The van der Waals surface area contributed by atoms with E-state index in [1.54, 1.807) is 6.07 Å². The van der Waals surface area contributed by atoms with E-state index in [2.05, 4.69) is 4.90 Å². The van der Waals surface area contributed by atoms with E-state index in [0.717, 1.165) is 38.0 Å². The van der Waals surface area contributed by atoms with Crippen molar-refractivity contribution in [2.24, 2.45) is 0 Å². The molecule has 2 fully saturated rings. The molecular formula is C17H23FN2O3. The Morgan fingerprint density at radius 2 is 2.09 bits per heavy atom. The lowest BCUT2D eigenvalue weighted by Gasteiger charge is -2.40. The average molecular weight is 322 g/mol. The molecule has 0 saturated carbocycles. The predicted octanol–water partition coefficient (Wildman–Crippen LogP) is 1.66. The first-order valence-electron chi connectivity index (χ1n) is 8.12. The first-order chi connectivity index (χ1) is 11.2. The number of hydrogen-bond donors (Lipinski definition) is 0. The van der Waals surface area contributed by atoms with E-state index >= 15 is 0 Å². The van der Waals surface area contributed by atoms with Crippen LogP contribution >= 0.6 is 0 Å². The fourth-order valence-electron chi connectivity index (χ4n) is 3.33. The minimum absolute atomic E-state index is 0.0595. The standard InChI is InChI=1S/C17H23FN2O3/c1-22-16-5-4-13(11-14(16)18)12-20-6-2-3-15(17(20)21)19-7-9-23-10-8-19/h4-5,11,15H,2-3,6-10,12H2,1H3. The smallest absolute Gasteiger partial charge is 0.240 e. The number of likely N-dealkylation sites (tertiary alicyclic amines) is 1. The largest absolute Gasteiger partial charge is 0.494 e. The fourth-order valence-corrected chi connectivity index (χ4v) is 3.33. The molecule has 2 aliphatic rings. The number of benzene rings is 1. The van der Waals surface area contributed by atoms with Crippen molar-refractivity contribution in [1.29, 1.82) is 0 Å². The van der Waals surface area contributed by atoms with E-state index in [0.29, 0.717) is 19.8 Å². The van der Waals surface area contributed by atoms with E-state index in [9.17, 15) is 9.18 Å². The summed E-state index contributed by atoms with van der Waals surface area (Å²) in [7, 11) is 1.44. The van der Waals surface area contributed by atoms with Crippen LogP contribution in [0.5, 0.6) is 5.75 Å². The van der Waals surface area contributed by atoms with Crippen molar-refractivity contribution < 1.29 is 18.7 Å². The summed E-state index contributed by atoms with van der Waals surface area (Å²) in [6.45, 7) is 4.16. The molecule has 2 aliphatic heterocycles. The van der Waals surface area contributed by atoms with Gasteiger partial charge in [0.1, 0.15) is 0 Å². The van der Waals surface area contributed by atoms with Gasteiger partial charge in [-0.1, -0.05) is 6.07 Å². The summed E-state index contributed by atoms with van der Waals surface area (Å²) in [6, 6.07) is 4.81. The van der Waals surface area contributed by atoms with Crippen LogP contribution in [-0.2, 0) is 16.1 Å². The van der Waals surface area contributed by atoms with Crippen LogP contribution < -0.4 is 4.74 Å². The summed E-state index contributed by atoms with van der Waals surface area (Å²) < 4.78 is 24.1. The molecule has 0 aliphatic carbocycles. The second kappa shape index (κ2) is 7.27. The predicted molar refractivity (Wildman–Crippen MR) is 83.8 cm³/mol. The Morgan fingerprint density at radius 3 is 2.78 bits per heavy atom. The van der Waals surface area contributed by atoms with Crippen LogP contribution in [0.15, 0.2) is 18.2 Å². The lowest BCUT2D eigenvalue weighted by Crippen LogP contribution is -2.54. The van der Waals surface area contributed by atoms with Gasteiger partial charge in [0, 0.05) is 26.2 Å². The molecule has 126 valence electrons. The molecule has 3 rings (SSSR count). The number of carbonyl (C=O) groups excluding carboxylic acids is 1. The van der Waals surface area contributed by atoms with Gasteiger partial charge in [-0.05, 0) is 30.5 Å². The van der Waals surface area contributed by atoms with Gasteiger partial charge in [0.2, 0.25) is 5.91 Å². The van der Waals surface area contributed by atoms with E-state index in [1.807, 2.05) is 11.0 Å². The van der Waals surface area contributed by atoms with Gasteiger partial charge >= 0.3 is 0 Å². The number of morpholine rings is 1. The summed E-state index contributed by atoms with van der Waals surface area (Å²) in [5.74, 6) is -0.0153. The van der Waals surface area contributed by atoms with Crippen molar-refractivity contribution in [3.8, 4) is 5.75 Å². The van der Waals surface area contributed by atoms with Crippen molar-refractivity contribution in [3.05, 3.63) is 29.6 Å². The summed E-state index contributed by atoms with van der Waals surface area (Å²) in [4.78, 5) is 16.8. The summed E-state index contributed by atoms with van der Waals surface area (Å²) in [6.07, 6.45) is 1.87. The fraction of sp³-hybridized carbons (Fsp3) is 0.588. The third kappa shape index (κ3) is 3.64. The first kappa shape index (κ1) is 16.2. The number of ether oxygens (including phenoxy) is 2. The average Bonchev–Trinajstić information content (AvgIpc) is 2.58. The molecule has 1 amide bonds. The van der Waals surface area contributed by atoms with E-state index in [1.165, 1.54) is 13.2 Å². The van der Waals surface area contributed by atoms with Gasteiger partial charge in [-0.3, -0.25) is 9.69 Å². The van der Waals surface area contributed by atoms with Crippen LogP contribution in [0, 0.1) is 5.82 Å². The Bertz CT molecular complexity index is 561. The highest BCUT2D eigenvalue weighted by Crippen LogP contribution is 2.23. The Morgan fingerprint density at radius 1 is 1.30 bits per heavy atom.